The highest BCUT2D eigenvalue weighted by atomic mass is 14.8. The zero-order chi connectivity index (χ0) is 12.1. The number of aryl methyl sites for hydroxylation is 2. The fraction of sp³-hybridized carbons (Fsp3) is 0.125. The van der Waals surface area contributed by atoms with Gasteiger partial charge < -0.3 is 5.32 Å². The highest BCUT2D eigenvalue weighted by Gasteiger charge is 1.97. The van der Waals surface area contributed by atoms with E-state index in [1.54, 1.807) is 0 Å². The van der Waals surface area contributed by atoms with Crippen molar-refractivity contribution in [1.82, 2.24) is 5.32 Å². The van der Waals surface area contributed by atoms with E-state index in [-0.39, 0.29) is 0 Å². The van der Waals surface area contributed by atoms with E-state index in [2.05, 4.69) is 61.7 Å². The first-order chi connectivity index (χ1) is 8.27. The van der Waals surface area contributed by atoms with Crippen LogP contribution in [0, 0.1) is 13.8 Å². The first-order valence-electron chi connectivity index (χ1n) is 5.81. The molecule has 17 heavy (non-hydrogen) atoms. The van der Waals surface area contributed by atoms with Crippen molar-refractivity contribution >= 4 is 6.08 Å². The topological polar surface area (TPSA) is 12.0 Å². The lowest BCUT2D eigenvalue weighted by atomic mass is 10.0. The van der Waals surface area contributed by atoms with Crippen molar-refractivity contribution in [3.8, 4) is 0 Å². The summed E-state index contributed by atoms with van der Waals surface area (Å²) in [6.45, 7) is 4.29. The van der Waals surface area contributed by atoms with Crippen molar-refractivity contribution in [2.45, 2.75) is 13.8 Å². The minimum absolute atomic E-state index is 1.19. The molecule has 0 aromatic heterocycles. The smallest absolute Gasteiger partial charge is 0.00104 e. The Morgan fingerprint density at radius 3 is 2.53 bits per heavy atom. The van der Waals surface area contributed by atoms with Crippen molar-refractivity contribution in [3.63, 3.8) is 0 Å². The third kappa shape index (κ3) is 2.97. The van der Waals surface area contributed by atoms with E-state index in [4.69, 9.17) is 0 Å². The maximum absolute atomic E-state index is 3.05. The Morgan fingerprint density at radius 1 is 1.00 bits per heavy atom. The summed E-state index contributed by atoms with van der Waals surface area (Å²) in [5.74, 6) is 0. The maximum atomic E-state index is 3.05. The van der Waals surface area contributed by atoms with Crippen LogP contribution >= 0.6 is 0 Å². The van der Waals surface area contributed by atoms with E-state index in [0.29, 0.717) is 0 Å². The summed E-state index contributed by atoms with van der Waals surface area (Å²) < 4.78 is 0. The molecule has 1 heteroatoms. The maximum Gasteiger partial charge on any atom is 0.00104 e. The quantitative estimate of drug-likeness (QED) is 0.802. The van der Waals surface area contributed by atoms with Gasteiger partial charge in [-0.05, 0) is 48.3 Å². The van der Waals surface area contributed by atoms with Crippen molar-refractivity contribution in [3.05, 3.63) is 77.2 Å². The lowest BCUT2D eigenvalue weighted by Gasteiger charge is -2.04. The molecule has 86 valence electrons. The fourth-order valence-electron chi connectivity index (χ4n) is 1.85. The number of rotatable bonds is 2. The van der Waals surface area contributed by atoms with Crippen molar-refractivity contribution in [2.75, 3.05) is 0 Å². The van der Waals surface area contributed by atoms with Crippen molar-refractivity contribution < 1.29 is 0 Å². The Morgan fingerprint density at radius 2 is 1.76 bits per heavy atom. The molecular formula is C16H17N. The molecule has 1 heterocycles. The standard InChI is InChI=1S/C16H17N/c1-13-5-3-6-14(2)16(13)9-8-15-7-4-11-17-12-10-15/h3-12,17H,1-2H3/b9-8+. The van der Waals surface area contributed by atoms with Gasteiger partial charge in [-0.25, -0.2) is 0 Å². The van der Waals surface area contributed by atoms with Gasteiger partial charge in [0.25, 0.3) is 0 Å². The van der Waals surface area contributed by atoms with E-state index in [9.17, 15) is 0 Å². The molecule has 0 saturated heterocycles. The van der Waals surface area contributed by atoms with Gasteiger partial charge in [-0.3, -0.25) is 0 Å². The summed E-state index contributed by atoms with van der Waals surface area (Å²) >= 11 is 0. The van der Waals surface area contributed by atoms with Crippen LogP contribution in [0.2, 0.25) is 0 Å². The Kier molecular flexibility index (Phi) is 3.61. The van der Waals surface area contributed by atoms with Crippen LogP contribution in [0.15, 0.2) is 60.5 Å². The molecule has 0 atom stereocenters. The molecule has 2 rings (SSSR count). The highest BCUT2D eigenvalue weighted by Crippen LogP contribution is 2.16. The predicted molar refractivity (Wildman–Crippen MR) is 74.4 cm³/mol. The number of nitrogens with one attached hydrogen (secondary N) is 1. The van der Waals surface area contributed by atoms with Gasteiger partial charge in [-0.1, -0.05) is 36.4 Å². The van der Waals surface area contributed by atoms with Crippen LogP contribution in [0.1, 0.15) is 16.7 Å². The average molecular weight is 223 g/mol. The Balaban J connectivity index is 2.26. The number of hydrogen-bond acceptors (Lipinski definition) is 1. The van der Waals surface area contributed by atoms with Crippen LogP contribution in [0.5, 0.6) is 0 Å². The zero-order valence-corrected chi connectivity index (χ0v) is 10.3. The van der Waals surface area contributed by atoms with Gasteiger partial charge >= 0.3 is 0 Å². The van der Waals surface area contributed by atoms with Gasteiger partial charge in [0.2, 0.25) is 0 Å². The summed E-state index contributed by atoms with van der Waals surface area (Å²) in [6.07, 6.45) is 14.3. The van der Waals surface area contributed by atoms with Crippen molar-refractivity contribution in [2.24, 2.45) is 0 Å². The minimum Gasteiger partial charge on any atom is -0.368 e. The van der Waals surface area contributed by atoms with Gasteiger partial charge in [-0.2, -0.15) is 0 Å². The molecule has 1 nitrogen and oxygen atoms in total. The van der Waals surface area contributed by atoms with Crippen LogP contribution in [-0.2, 0) is 0 Å². The van der Waals surface area contributed by atoms with Gasteiger partial charge in [0.05, 0.1) is 0 Å². The molecule has 1 aromatic carbocycles. The van der Waals surface area contributed by atoms with Crippen LogP contribution < -0.4 is 5.32 Å². The zero-order valence-electron chi connectivity index (χ0n) is 10.3. The normalized spacial score (nSPS) is 14.6. The third-order valence-corrected chi connectivity index (χ3v) is 2.84. The Bertz CT molecular complexity index is 496. The second-order valence-corrected chi connectivity index (χ2v) is 4.16. The van der Waals surface area contributed by atoms with E-state index in [0.717, 1.165) is 0 Å². The van der Waals surface area contributed by atoms with Crippen molar-refractivity contribution in [1.29, 1.82) is 0 Å². The number of hydrogen-bond donors (Lipinski definition) is 1. The largest absolute Gasteiger partial charge is 0.368 e. The number of benzene rings is 1. The predicted octanol–water partition coefficient (Wildman–Crippen LogP) is 3.87. The van der Waals surface area contributed by atoms with E-state index in [1.807, 2.05) is 18.5 Å². The first-order valence-corrected chi connectivity index (χ1v) is 5.81. The number of allylic oxidation sites excluding steroid dienone is 5. The molecule has 0 bridgehead atoms. The first kappa shape index (κ1) is 11.5. The van der Waals surface area contributed by atoms with E-state index in [1.165, 1.54) is 22.3 Å². The molecule has 1 aliphatic rings. The van der Waals surface area contributed by atoms with E-state index < -0.39 is 0 Å². The molecule has 1 aliphatic heterocycles. The van der Waals surface area contributed by atoms with E-state index >= 15 is 0 Å². The molecule has 1 aromatic rings. The molecule has 0 aliphatic carbocycles. The summed E-state index contributed by atoms with van der Waals surface area (Å²) in [4.78, 5) is 0. The molecule has 0 amide bonds. The van der Waals surface area contributed by atoms with Crippen LogP contribution in [0.25, 0.3) is 6.08 Å². The van der Waals surface area contributed by atoms with Gasteiger partial charge in [-0.15, -0.1) is 0 Å². The third-order valence-electron chi connectivity index (χ3n) is 2.84. The second kappa shape index (κ2) is 5.35. The summed E-state index contributed by atoms with van der Waals surface area (Å²) in [7, 11) is 0. The lowest BCUT2D eigenvalue weighted by molar-refractivity contribution is 1.20. The van der Waals surface area contributed by atoms with Gasteiger partial charge in [0.1, 0.15) is 0 Å². The molecular weight excluding hydrogens is 206 g/mol. The Hall–Kier alpha value is -2.02. The van der Waals surface area contributed by atoms with Gasteiger partial charge in [0.15, 0.2) is 0 Å². The molecule has 0 fully saturated rings. The van der Waals surface area contributed by atoms with Crippen LogP contribution in [0.4, 0.5) is 0 Å². The summed E-state index contributed by atoms with van der Waals surface area (Å²) in [6, 6.07) is 6.39. The Labute approximate surface area is 103 Å². The van der Waals surface area contributed by atoms with Gasteiger partial charge in [0, 0.05) is 12.4 Å². The molecule has 0 radical (unpaired) electrons. The molecule has 0 spiro atoms. The molecule has 0 unspecified atom stereocenters. The molecule has 1 N–H and O–H groups in total. The minimum atomic E-state index is 1.19. The molecule has 0 saturated carbocycles. The van der Waals surface area contributed by atoms with Crippen LogP contribution in [-0.4, -0.2) is 0 Å². The SMILES string of the molecule is Cc1cccc(C)c1/C=C/C1=CC=CNC=C1. The monoisotopic (exact) mass is 223 g/mol. The van der Waals surface area contributed by atoms with Crippen LogP contribution in [0.3, 0.4) is 0 Å². The highest BCUT2D eigenvalue weighted by molar-refractivity contribution is 5.61. The second-order valence-electron chi connectivity index (χ2n) is 4.16. The average Bonchev–Trinajstić information content (AvgIpc) is 2.57. The lowest BCUT2D eigenvalue weighted by Crippen LogP contribution is -1.88. The summed E-state index contributed by atoms with van der Waals surface area (Å²) in [5, 5.41) is 3.05. The fourth-order valence-corrected chi connectivity index (χ4v) is 1.85. The summed E-state index contributed by atoms with van der Waals surface area (Å²) in [5.41, 5.74) is 5.12.